The van der Waals surface area contributed by atoms with Crippen LogP contribution in [-0.2, 0) is 0 Å². The molecule has 0 amide bonds. The first kappa shape index (κ1) is 13.5. The highest BCUT2D eigenvalue weighted by atomic mass is 35.5. The topological polar surface area (TPSA) is 53.8 Å². The molecular weight excluding hydrogens is 283 g/mol. The molecule has 0 N–H and O–H groups in total. The molecule has 1 atom stereocenters. The molecular formula is C14H8Cl2N2O. The number of carbonyl (C=O) groups is 1. The van der Waals surface area contributed by atoms with E-state index in [1.54, 1.807) is 30.3 Å². The lowest BCUT2D eigenvalue weighted by atomic mass is 9.92. The molecule has 1 aromatic carbocycles. The van der Waals surface area contributed by atoms with Crippen LogP contribution in [0.25, 0.3) is 0 Å². The van der Waals surface area contributed by atoms with Gasteiger partial charge in [-0.05, 0) is 29.8 Å². The van der Waals surface area contributed by atoms with Gasteiger partial charge in [-0.3, -0.25) is 9.78 Å². The number of aromatic nitrogens is 1. The molecule has 0 fully saturated rings. The Bertz CT molecular complexity index is 630. The van der Waals surface area contributed by atoms with E-state index in [0.717, 1.165) is 0 Å². The van der Waals surface area contributed by atoms with Crippen molar-refractivity contribution >= 4 is 29.0 Å². The van der Waals surface area contributed by atoms with E-state index in [4.69, 9.17) is 23.2 Å². The van der Waals surface area contributed by atoms with Crippen molar-refractivity contribution in [2.24, 2.45) is 0 Å². The van der Waals surface area contributed by atoms with E-state index < -0.39 is 11.7 Å². The maximum atomic E-state index is 12.4. The molecule has 19 heavy (non-hydrogen) atoms. The van der Waals surface area contributed by atoms with Crippen LogP contribution in [0.3, 0.4) is 0 Å². The highest BCUT2D eigenvalue weighted by Gasteiger charge is 2.25. The number of pyridine rings is 1. The summed E-state index contributed by atoms with van der Waals surface area (Å²) in [5, 5.41) is 9.70. The van der Waals surface area contributed by atoms with Crippen LogP contribution < -0.4 is 0 Å². The predicted octanol–water partition coefficient (Wildman–Crippen LogP) is 3.88. The van der Waals surface area contributed by atoms with Gasteiger partial charge in [0.2, 0.25) is 0 Å². The molecule has 2 aromatic rings. The predicted molar refractivity (Wildman–Crippen MR) is 73.4 cm³/mol. The third kappa shape index (κ3) is 2.76. The molecule has 2 rings (SSSR count). The van der Waals surface area contributed by atoms with Crippen molar-refractivity contribution < 1.29 is 4.79 Å². The van der Waals surface area contributed by atoms with E-state index in [9.17, 15) is 10.1 Å². The minimum absolute atomic E-state index is 0.175. The molecule has 1 unspecified atom stereocenters. The van der Waals surface area contributed by atoms with Gasteiger partial charge in [-0.1, -0.05) is 29.3 Å². The van der Waals surface area contributed by atoms with Crippen molar-refractivity contribution in [1.29, 1.82) is 5.26 Å². The normalized spacial score (nSPS) is 11.6. The minimum atomic E-state index is -0.944. The Hall–Kier alpha value is -1.89. The standard InChI is InChI=1S/C14H8Cl2N2O/c15-11-2-1-3-12(16)13(11)14(19)10(8-17)9-4-6-18-7-5-9/h1-7,10H. The zero-order chi connectivity index (χ0) is 13.8. The summed E-state index contributed by atoms with van der Waals surface area (Å²) >= 11 is 12.0. The number of Topliss-reactive ketones (excluding diaryl/α,β-unsaturated/α-hetero) is 1. The first-order valence-corrected chi connectivity index (χ1v) is 6.18. The smallest absolute Gasteiger partial charge is 0.187 e. The fourth-order valence-electron chi connectivity index (χ4n) is 1.72. The van der Waals surface area contributed by atoms with Crippen molar-refractivity contribution in [3.05, 3.63) is 63.9 Å². The summed E-state index contributed by atoms with van der Waals surface area (Å²) in [7, 11) is 0. The van der Waals surface area contributed by atoms with Gasteiger partial charge in [0.25, 0.3) is 0 Å². The van der Waals surface area contributed by atoms with E-state index in [-0.39, 0.29) is 15.6 Å². The Balaban J connectivity index is 2.46. The van der Waals surface area contributed by atoms with Crippen LogP contribution in [0, 0.1) is 11.3 Å². The van der Waals surface area contributed by atoms with Crippen molar-refractivity contribution in [3.8, 4) is 6.07 Å². The molecule has 0 saturated heterocycles. The average Bonchev–Trinajstić information content (AvgIpc) is 2.40. The Labute approximate surface area is 120 Å². The van der Waals surface area contributed by atoms with E-state index in [0.29, 0.717) is 5.56 Å². The first-order valence-electron chi connectivity index (χ1n) is 5.43. The van der Waals surface area contributed by atoms with Gasteiger partial charge in [-0.2, -0.15) is 5.26 Å². The largest absolute Gasteiger partial charge is 0.292 e. The average molecular weight is 291 g/mol. The number of carbonyl (C=O) groups excluding carboxylic acids is 1. The van der Waals surface area contributed by atoms with E-state index in [1.807, 2.05) is 6.07 Å². The van der Waals surface area contributed by atoms with E-state index in [2.05, 4.69) is 4.98 Å². The van der Waals surface area contributed by atoms with Crippen LogP contribution in [0.15, 0.2) is 42.7 Å². The van der Waals surface area contributed by atoms with Crippen molar-refractivity contribution in [2.75, 3.05) is 0 Å². The molecule has 94 valence electrons. The number of hydrogen-bond acceptors (Lipinski definition) is 3. The second-order valence-corrected chi connectivity index (χ2v) is 4.62. The zero-order valence-corrected chi connectivity index (χ0v) is 11.2. The van der Waals surface area contributed by atoms with Crippen LogP contribution >= 0.6 is 23.2 Å². The second-order valence-electron chi connectivity index (χ2n) is 3.80. The van der Waals surface area contributed by atoms with E-state index >= 15 is 0 Å². The van der Waals surface area contributed by atoms with Crippen LogP contribution in [0.2, 0.25) is 10.0 Å². The summed E-state index contributed by atoms with van der Waals surface area (Å²) in [4.78, 5) is 16.3. The van der Waals surface area contributed by atoms with E-state index in [1.165, 1.54) is 12.4 Å². The maximum absolute atomic E-state index is 12.4. The summed E-state index contributed by atoms with van der Waals surface area (Å²) in [5.74, 6) is -1.36. The van der Waals surface area contributed by atoms with Gasteiger partial charge in [-0.15, -0.1) is 0 Å². The number of nitriles is 1. The lowest BCUT2D eigenvalue weighted by Crippen LogP contribution is -2.12. The Kier molecular flexibility index (Phi) is 4.16. The Morgan fingerprint density at radius 3 is 2.26 bits per heavy atom. The lowest BCUT2D eigenvalue weighted by Gasteiger charge is -2.10. The summed E-state index contributed by atoms with van der Waals surface area (Å²) in [6, 6.07) is 10.0. The molecule has 0 aliphatic heterocycles. The summed E-state index contributed by atoms with van der Waals surface area (Å²) in [5.41, 5.74) is 0.743. The fraction of sp³-hybridized carbons (Fsp3) is 0.0714. The number of rotatable bonds is 3. The number of halogens is 2. The lowest BCUT2D eigenvalue weighted by molar-refractivity contribution is 0.0979. The summed E-state index contributed by atoms with van der Waals surface area (Å²) in [6.45, 7) is 0. The number of ketones is 1. The molecule has 0 aliphatic carbocycles. The zero-order valence-electron chi connectivity index (χ0n) is 9.68. The molecule has 0 saturated carbocycles. The SMILES string of the molecule is N#CC(C(=O)c1c(Cl)cccc1Cl)c1ccncc1. The van der Waals surface area contributed by atoms with Crippen LogP contribution in [0.1, 0.15) is 21.8 Å². The number of benzene rings is 1. The molecule has 0 aliphatic rings. The highest BCUT2D eigenvalue weighted by Crippen LogP contribution is 2.30. The number of hydrogen-bond donors (Lipinski definition) is 0. The van der Waals surface area contributed by atoms with Gasteiger partial charge >= 0.3 is 0 Å². The molecule has 1 heterocycles. The van der Waals surface area contributed by atoms with Gasteiger partial charge in [0.05, 0.1) is 21.7 Å². The summed E-state index contributed by atoms with van der Waals surface area (Å²) in [6.07, 6.45) is 3.06. The number of nitrogens with zero attached hydrogens (tertiary/aromatic N) is 2. The van der Waals surface area contributed by atoms with Gasteiger partial charge in [0, 0.05) is 12.4 Å². The Morgan fingerprint density at radius 1 is 1.16 bits per heavy atom. The molecule has 0 bridgehead atoms. The van der Waals surface area contributed by atoms with Crippen molar-refractivity contribution in [3.63, 3.8) is 0 Å². The molecule has 1 aromatic heterocycles. The van der Waals surface area contributed by atoms with Crippen molar-refractivity contribution in [1.82, 2.24) is 4.98 Å². The van der Waals surface area contributed by atoms with Gasteiger partial charge < -0.3 is 0 Å². The third-order valence-corrected chi connectivity index (χ3v) is 3.27. The summed E-state index contributed by atoms with van der Waals surface area (Å²) < 4.78 is 0. The van der Waals surface area contributed by atoms with Gasteiger partial charge in [0.1, 0.15) is 5.92 Å². The molecule has 3 nitrogen and oxygen atoms in total. The van der Waals surface area contributed by atoms with Gasteiger partial charge in [-0.25, -0.2) is 0 Å². The third-order valence-electron chi connectivity index (χ3n) is 2.64. The fourth-order valence-corrected chi connectivity index (χ4v) is 2.30. The van der Waals surface area contributed by atoms with Crippen LogP contribution in [-0.4, -0.2) is 10.8 Å². The highest BCUT2D eigenvalue weighted by molar-refractivity contribution is 6.40. The van der Waals surface area contributed by atoms with Crippen LogP contribution in [0.4, 0.5) is 0 Å². The van der Waals surface area contributed by atoms with Gasteiger partial charge in [0.15, 0.2) is 5.78 Å². The second kappa shape index (κ2) is 5.83. The van der Waals surface area contributed by atoms with Crippen LogP contribution in [0.5, 0.6) is 0 Å². The monoisotopic (exact) mass is 290 g/mol. The minimum Gasteiger partial charge on any atom is -0.292 e. The molecule has 0 radical (unpaired) electrons. The molecule has 0 spiro atoms. The molecule has 5 heteroatoms. The maximum Gasteiger partial charge on any atom is 0.187 e. The van der Waals surface area contributed by atoms with Crippen molar-refractivity contribution in [2.45, 2.75) is 5.92 Å². The Morgan fingerprint density at radius 2 is 1.74 bits per heavy atom. The quantitative estimate of drug-likeness (QED) is 0.806. The first-order chi connectivity index (χ1) is 9.15.